The van der Waals surface area contributed by atoms with Gasteiger partial charge in [-0.2, -0.15) is 0 Å². The maximum Gasteiger partial charge on any atom is 0.343 e. The first-order chi connectivity index (χ1) is 17.3. The van der Waals surface area contributed by atoms with Crippen molar-refractivity contribution >= 4 is 27.9 Å². The lowest BCUT2D eigenvalue weighted by Gasteiger charge is -2.08. The van der Waals surface area contributed by atoms with Gasteiger partial charge in [-0.3, -0.25) is 4.79 Å². The molecule has 0 bridgehead atoms. The number of halogens is 1. The summed E-state index contributed by atoms with van der Waals surface area (Å²) >= 11 is 3.27. The van der Waals surface area contributed by atoms with Gasteiger partial charge >= 0.3 is 11.9 Å². The number of unbranched alkanes of at least 4 members (excludes halogenated alkanes) is 1. The van der Waals surface area contributed by atoms with E-state index in [4.69, 9.17) is 30.3 Å². The maximum absolute atomic E-state index is 10.8. The number of methoxy groups -OCH3 is 2. The van der Waals surface area contributed by atoms with Crippen LogP contribution in [0.15, 0.2) is 36.4 Å². The third-order valence-corrected chi connectivity index (χ3v) is 4.93. The maximum atomic E-state index is 10.8. The van der Waals surface area contributed by atoms with Gasteiger partial charge in [0.15, 0.2) is 6.61 Å². The van der Waals surface area contributed by atoms with Crippen LogP contribution in [0, 0.1) is 0 Å². The summed E-state index contributed by atoms with van der Waals surface area (Å²) in [6.07, 6.45) is 2.50. The largest absolute Gasteiger partial charge is 0.508 e. The first-order valence-electron chi connectivity index (χ1n) is 11.0. The molecule has 36 heavy (non-hydrogen) atoms. The highest BCUT2D eigenvalue weighted by molar-refractivity contribution is 9.09. The Labute approximate surface area is 219 Å². The van der Waals surface area contributed by atoms with Crippen LogP contribution in [0.4, 0.5) is 0 Å². The summed E-state index contributed by atoms with van der Waals surface area (Å²) in [5, 5.41) is 45.3. The van der Waals surface area contributed by atoms with Crippen LogP contribution in [0.3, 0.4) is 0 Å². The van der Waals surface area contributed by atoms with Gasteiger partial charge in [0.05, 0.1) is 40.6 Å². The molecule has 0 aliphatic rings. The van der Waals surface area contributed by atoms with Crippen molar-refractivity contribution in [2.75, 3.05) is 26.2 Å². The number of esters is 2. The van der Waals surface area contributed by atoms with Gasteiger partial charge in [0, 0.05) is 11.8 Å². The number of hydrogen-bond donors (Lipinski definition) is 5. The number of phenolic OH excluding ortho intramolecular Hbond substituents is 1. The molecule has 0 unspecified atom stereocenters. The molecule has 0 amide bonds. The molecule has 0 fully saturated rings. The summed E-state index contributed by atoms with van der Waals surface area (Å²) in [5.74, 6) is -0.113. The van der Waals surface area contributed by atoms with Crippen LogP contribution >= 0.6 is 15.9 Å². The molecule has 0 saturated carbocycles. The molecule has 0 aliphatic carbocycles. The quantitative estimate of drug-likeness (QED) is 0.153. The monoisotopic (exact) mass is 574 g/mol. The van der Waals surface area contributed by atoms with Crippen molar-refractivity contribution in [2.45, 2.75) is 45.7 Å². The minimum atomic E-state index is -0.486. The molecule has 2 rings (SSSR count). The lowest BCUT2D eigenvalue weighted by Crippen LogP contribution is -2.12. The minimum absolute atomic E-state index is 0.0700. The van der Waals surface area contributed by atoms with E-state index in [2.05, 4.69) is 25.4 Å². The van der Waals surface area contributed by atoms with Crippen molar-refractivity contribution in [3.63, 3.8) is 0 Å². The zero-order valence-electron chi connectivity index (χ0n) is 20.5. The molecule has 11 heteroatoms. The van der Waals surface area contributed by atoms with Crippen LogP contribution in [0.25, 0.3) is 0 Å². The zero-order valence-corrected chi connectivity index (χ0v) is 22.1. The Kier molecular flexibility index (Phi) is 19.0. The summed E-state index contributed by atoms with van der Waals surface area (Å²) in [7, 11) is 2.69. The van der Waals surface area contributed by atoms with Crippen molar-refractivity contribution in [1.29, 1.82) is 0 Å². The van der Waals surface area contributed by atoms with E-state index in [1.54, 1.807) is 24.3 Å². The first-order valence-corrected chi connectivity index (χ1v) is 12.1. The van der Waals surface area contributed by atoms with E-state index < -0.39 is 5.97 Å². The van der Waals surface area contributed by atoms with Crippen molar-refractivity contribution in [3.05, 3.63) is 58.7 Å². The molecule has 0 aromatic heterocycles. The van der Waals surface area contributed by atoms with Crippen molar-refractivity contribution in [1.82, 2.24) is 0 Å². The smallest absolute Gasteiger partial charge is 0.343 e. The second-order valence-corrected chi connectivity index (χ2v) is 8.01. The van der Waals surface area contributed by atoms with Crippen LogP contribution in [0.1, 0.15) is 41.5 Å². The fourth-order valence-electron chi connectivity index (χ4n) is 2.59. The summed E-state index contributed by atoms with van der Waals surface area (Å²) in [6.45, 7) is -0.746. The molecule has 0 atom stereocenters. The number of benzene rings is 2. The van der Waals surface area contributed by atoms with Crippen LogP contribution in [-0.2, 0) is 45.5 Å². The zero-order chi connectivity index (χ0) is 27.3. The Morgan fingerprint density at radius 1 is 0.722 bits per heavy atom. The molecule has 0 radical (unpaired) electrons. The molecular weight excluding hydrogens is 540 g/mol. The molecular formula is C25H35BrO10. The van der Waals surface area contributed by atoms with E-state index in [0.29, 0.717) is 34.4 Å². The van der Waals surface area contributed by atoms with E-state index in [-0.39, 0.29) is 44.8 Å². The highest BCUT2D eigenvalue weighted by Gasteiger charge is 2.05. The molecule has 2 aromatic carbocycles. The van der Waals surface area contributed by atoms with E-state index in [1.807, 2.05) is 0 Å². The van der Waals surface area contributed by atoms with Gasteiger partial charge in [-0.1, -0.05) is 28.1 Å². The fraction of sp³-hybridized carbons (Fsp3) is 0.440. The van der Waals surface area contributed by atoms with Crippen LogP contribution in [0.2, 0.25) is 0 Å². The summed E-state index contributed by atoms with van der Waals surface area (Å²) in [4.78, 5) is 21.3. The summed E-state index contributed by atoms with van der Waals surface area (Å²) in [5.41, 5.74) is 2.45. The minimum Gasteiger partial charge on any atom is -0.508 e. The Hall–Kier alpha value is -2.70. The molecule has 2 aromatic rings. The Morgan fingerprint density at radius 3 is 1.56 bits per heavy atom. The number of phenols is 1. The predicted molar refractivity (Wildman–Crippen MR) is 135 cm³/mol. The normalized spacial score (nSPS) is 9.75. The highest BCUT2D eigenvalue weighted by atomic mass is 79.9. The van der Waals surface area contributed by atoms with Gasteiger partial charge in [-0.15, -0.1) is 0 Å². The Balaban J connectivity index is 0.000000538. The number of rotatable bonds is 11. The highest BCUT2D eigenvalue weighted by Crippen LogP contribution is 2.18. The number of carbonyl (C=O) groups excluding carboxylic acids is 2. The topological polar surface area (TPSA) is 163 Å². The number of hydrogen-bond acceptors (Lipinski definition) is 10. The fourth-order valence-corrected chi connectivity index (χ4v) is 2.98. The molecule has 0 saturated heterocycles. The molecule has 5 N–H and O–H groups in total. The average Bonchev–Trinajstić information content (AvgIpc) is 2.91. The van der Waals surface area contributed by atoms with E-state index in [9.17, 15) is 9.59 Å². The lowest BCUT2D eigenvalue weighted by molar-refractivity contribution is -0.143. The van der Waals surface area contributed by atoms with Gasteiger partial charge < -0.3 is 39.7 Å². The standard InChI is InChI=1S/C11H14O5.C8H10O3.C6H11BrO2/c1-15-11(14)7-16-10-3-8(5-12)2-9(4-10)6-13;9-4-6-1-7(5-10)3-8(11)2-6;1-9-6(8)4-2-3-5-7/h2-4,12-13H,5-7H2,1H3;1-3,9-11H,4-5H2;2-5H2,1H3. The second kappa shape index (κ2) is 20.5. The Morgan fingerprint density at radius 2 is 1.17 bits per heavy atom. The van der Waals surface area contributed by atoms with Crippen LogP contribution in [0.5, 0.6) is 11.5 Å². The van der Waals surface area contributed by atoms with Crippen LogP contribution in [-0.4, -0.2) is 63.6 Å². The third-order valence-electron chi connectivity index (χ3n) is 4.37. The van der Waals surface area contributed by atoms with E-state index in [0.717, 1.165) is 18.2 Å². The number of carbonyl (C=O) groups is 2. The molecule has 10 nitrogen and oxygen atoms in total. The Bertz CT molecular complexity index is 860. The van der Waals surface area contributed by atoms with E-state index >= 15 is 0 Å². The molecule has 0 spiro atoms. The summed E-state index contributed by atoms with van der Waals surface area (Å²) < 4.78 is 14.0. The van der Waals surface area contributed by atoms with Crippen LogP contribution < -0.4 is 4.74 Å². The van der Waals surface area contributed by atoms with Crippen molar-refractivity contribution < 1.29 is 49.3 Å². The predicted octanol–water partition coefficient (Wildman–Crippen LogP) is 2.32. The van der Waals surface area contributed by atoms with Gasteiger partial charge in [0.1, 0.15) is 11.5 Å². The van der Waals surface area contributed by atoms with Crippen molar-refractivity contribution in [3.8, 4) is 11.5 Å². The SMILES string of the molecule is COC(=O)CCCCBr.COC(=O)COc1cc(CO)cc(CO)c1.OCc1cc(O)cc(CO)c1. The number of aromatic hydroxyl groups is 1. The first kappa shape index (κ1) is 33.3. The van der Waals surface area contributed by atoms with E-state index in [1.165, 1.54) is 26.4 Å². The molecule has 0 aliphatic heterocycles. The van der Waals surface area contributed by atoms with Gasteiger partial charge in [0.2, 0.25) is 0 Å². The molecule has 202 valence electrons. The van der Waals surface area contributed by atoms with Gasteiger partial charge in [0.25, 0.3) is 0 Å². The number of aliphatic hydroxyl groups is 4. The third kappa shape index (κ3) is 15.3. The van der Waals surface area contributed by atoms with Gasteiger partial charge in [-0.05, 0) is 59.4 Å². The second-order valence-electron chi connectivity index (χ2n) is 7.21. The molecule has 0 heterocycles. The summed E-state index contributed by atoms with van der Waals surface area (Å²) in [6, 6.07) is 9.41. The lowest BCUT2D eigenvalue weighted by atomic mass is 10.1. The number of ether oxygens (including phenoxy) is 3. The van der Waals surface area contributed by atoms with Crippen molar-refractivity contribution in [2.24, 2.45) is 0 Å². The van der Waals surface area contributed by atoms with Gasteiger partial charge in [-0.25, -0.2) is 4.79 Å². The number of aliphatic hydroxyl groups excluding tert-OH is 4. The average molecular weight is 575 g/mol. The number of alkyl halides is 1.